The van der Waals surface area contributed by atoms with Crippen molar-refractivity contribution in [1.29, 1.82) is 0 Å². The summed E-state index contributed by atoms with van der Waals surface area (Å²) in [6.07, 6.45) is 3.55. The molecule has 2 rings (SSSR count). The number of aliphatic hydroxyl groups excluding tert-OH is 1. The van der Waals surface area contributed by atoms with Crippen molar-refractivity contribution in [2.75, 3.05) is 0 Å². The van der Waals surface area contributed by atoms with E-state index in [2.05, 4.69) is 15.9 Å². The molecule has 3 nitrogen and oxygen atoms in total. The van der Waals surface area contributed by atoms with Crippen LogP contribution < -0.4 is 0 Å². The lowest BCUT2D eigenvalue weighted by Crippen LogP contribution is -2.36. The minimum Gasteiger partial charge on any atom is -0.481 e. The summed E-state index contributed by atoms with van der Waals surface area (Å²) in [5.74, 6) is -1.44. The van der Waals surface area contributed by atoms with Crippen molar-refractivity contribution in [1.82, 2.24) is 0 Å². The zero-order chi connectivity index (χ0) is 13.8. The van der Waals surface area contributed by atoms with E-state index < -0.39 is 18.0 Å². The second-order valence-corrected chi connectivity index (χ2v) is 6.11. The zero-order valence-electron chi connectivity index (χ0n) is 10.8. The number of carbonyl (C=O) groups is 1. The van der Waals surface area contributed by atoms with E-state index in [-0.39, 0.29) is 5.92 Å². The van der Waals surface area contributed by atoms with Crippen molar-refractivity contribution in [3.05, 3.63) is 34.3 Å². The van der Waals surface area contributed by atoms with E-state index in [1.165, 1.54) is 0 Å². The normalized spacial score (nSPS) is 24.9. The quantitative estimate of drug-likeness (QED) is 0.892. The molecular formula is C15H19BrO3. The highest BCUT2D eigenvalue weighted by Crippen LogP contribution is 2.33. The maximum absolute atomic E-state index is 11.5. The fourth-order valence-corrected chi connectivity index (χ4v) is 3.38. The van der Waals surface area contributed by atoms with Gasteiger partial charge >= 0.3 is 5.97 Å². The number of aliphatic carboxylic acids is 1. The number of rotatable bonds is 4. The Morgan fingerprint density at radius 3 is 2.63 bits per heavy atom. The van der Waals surface area contributed by atoms with Gasteiger partial charge in [-0.25, -0.2) is 0 Å². The molecule has 0 aliphatic heterocycles. The summed E-state index contributed by atoms with van der Waals surface area (Å²) in [5.41, 5.74) is 0.993. The van der Waals surface area contributed by atoms with Crippen molar-refractivity contribution in [2.45, 2.75) is 38.2 Å². The Hall–Kier alpha value is -0.870. The van der Waals surface area contributed by atoms with Gasteiger partial charge in [0.15, 0.2) is 0 Å². The highest BCUT2D eigenvalue weighted by molar-refractivity contribution is 9.10. The number of aliphatic hydroxyl groups is 1. The Bertz CT molecular complexity index is 447. The third kappa shape index (κ3) is 3.57. The predicted octanol–water partition coefficient (Wildman–Crippen LogP) is 3.24. The smallest absolute Gasteiger partial charge is 0.307 e. The third-order valence-corrected chi connectivity index (χ3v) is 4.79. The Kier molecular flexibility index (Phi) is 4.99. The second-order valence-electron chi connectivity index (χ2n) is 5.26. The van der Waals surface area contributed by atoms with Crippen molar-refractivity contribution >= 4 is 21.9 Å². The molecule has 0 radical (unpaired) electrons. The zero-order valence-corrected chi connectivity index (χ0v) is 12.3. The molecule has 1 aliphatic carbocycles. The number of carboxylic acids is 1. The van der Waals surface area contributed by atoms with E-state index in [1.54, 1.807) is 0 Å². The highest BCUT2D eigenvalue weighted by Gasteiger charge is 2.35. The molecule has 0 aromatic heterocycles. The van der Waals surface area contributed by atoms with Crippen LogP contribution in [-0.2, 0) is 11.2 Å². The molecule has 0 saturated heterocycles. The lowest BCUT2D eigenvalue weighted by Gasteiger charge is -2.32. The molecule has 1 aromatic rings. The molecule has 1 aliphatic rings. The fourth-order valence-electron chi connectivity index (χ4n) is 2.93. The molecule has 19 heavy (non-hydrogen) atoms. The highest BCUT2D eigenvalue weighted by atomic mass is 79.9. The van der Waals surface area contributed by atoms with Crippen LogP contribution in [0.2, 0.25) is 0 Å². The first-order valence-electron chi connectivity index (χ1n) is 6.74. The lowest BCUT2D eigenvalue weighted by atomic mass is 9.75. The van der Waals surface area contributed by atoms with Crippen LogP contribution in [0.4, 0.5) is 0 Å². The van der Waals surface area contributed by atoms with Crippen LogP contribution >= 0.6 is 15.9 Å². The van der Waals surface area contributed by atoms with Crippen molar-refractivity contribution in [3.8, 4) is 0 Å². The summed E-state index contributed by atoms with van der Waals surface area (Å²) >= 11 is 3.46. The molecule has 1 aromatic carbocycles. The predicted molar refractivity (Wildman–Crippen MR) is 76.9 cm³/mol. The summed E-state index contributed by atoms with van der Waals surface area (Å²) in [6.45, 7) is 0. The van der Waals surface area contributed by atoms with Crippen molar-refractivity contribution in [2.24, 2.45) is 11.8 Å². The van der Waals surface area contributed by atoms with E-state index >= 15 is 0 Å². The first-order chi connectivity index (χ1) is 9.09. The van der Waals surface area contributed by atoms with Gasteiger partial charge in [-0.3, -0.25) is 4.79 Å². The van der Waals surface area contributed by atoms with E-state index in [9.17, 15) is 15.0 Å². The fraction of sp³-hybridized carbons (Fsp3) is 0.533. The third-order valence-electron chi connectivity index (χ3n) is 4.01. The average Bonchev–Trinajstić information content (AvgIpc) is 2.38. The Labute approximate surface area is 121 Å². The molecular weight excluding hydrogens is 308 g/mol. The molecule has 0 spiro atoms. The minimum atomic E-state index is -0.804. The molecule has 1 fully saturated rings. The van der Waals surface area contributed by atoms with Gasteiger partial charge in [-0.1, -0.05) is 47.0 Å². The number of halogens is 1. The summed E-state index contributed by atoms with van der Waals surface area (Å²) < 4.78 is 0.937. The van der Waals surface area contributed by atoms with Crippen LogP contribution in [0.15, 0.2) is 28.7 Å². The molecule has 0 amide bonds. The standard InChI is InChI=1S/C15H19BrO3/c16-13-7-3-1-5-10(13)9-12(15(18)19)11-6-2-4-8-14(11)17/h1,3,5,7,11-12,14,17H,2,4,6,8-9H2,(H,18,19). The van der Waals surface area contributed by atoms with Gasteiger partial charge < -0.3 is 10.2 Å². The van der Waals surface area contributed by atoms with Gasteiger partial charge in [0.25, 0.3) is 0 Å². The molecule has 104 valence electrons. The molecule has 1 saturated carbocycles. The molecule has 2 N–H and O–H groups in total. The Morgan fingerprint density at radius 1 is 1.32 bits per heavy atom. The molecule has 3 unspecified atom stereocenters. The summed E-state index contributed by atoms with van der Waals surface area (Å²) in [4.78, 5) is 11.5. The van der Waals surface area contributed by atoms with Crippen LogP contribution in [0.3, 0.4) is 0 Å². The van der Waals surface area contributed by atoms with Crippen LogP contribution in [-0.4, -0.2) is 22.3 Å². The first-order valence-corrected chi connectivity index (χ1v) is 7.53. The van der Waals surface area contributed by atoms with Crippen LogP contribution in [0.5, 0.6) is 0 Å². The molecule has 0 bridgehead atoms. The van der Waals surface area contributed by atoms with Gasteiger partial charge in [-0.2, -0.15) is 0 Å². The Morgan fingerprint density at radius 2 is 2.00 bits per heavy atom. The van der Waals surface area contributed by atoms with Gasteiger partial charge in [0.05, 0.1) is 12.0 Å². The van der Waals surface area contributed by atoms with Crippen molar-refractivity contribution < 1.29 is 15.0 Å². The Balaban J connectivity index is 2.16. The lowest BCUT2D eigenvalue weighted by molar-refractivity contribution is -0.146. The van der Waals surface area contributed by atoms with Crippen LogP contribution in [0.1, 0.15) is 31.2 Å². The molecule has 0 heterocycles. The van der Waals surface area contributed by atoms with E-state index in [0.29, 0.717) is 6.42 Å². The van der Waals surface area contributed by atoms with Gasteiger partial charge in [-0.15, -0.1) is 0 Å². The topological polar surface area (TPSA) is 57.5 Å². The summed E-state index contributed by atoms with van der Waals surface area (Å²) in [5, 5.41) is 19.5. The van der Waals surface area contributed by atoms with E-state index in [1.807, 2.05) is 24.3 Å². The van der Waals surface area contributed by atoms with Gasteiger partial charge in [0.2, 0.25) is 0 Å². The van der Waals surface area contributed by atoms with Gasteiger partial charge in [0.1, 0.15) is 0 Å². The average molecular weight is 327 g/mol. The monoisotopic (exact) mass is 326 g/mol. The van der Waals surface area contributed by atoms with E-state index in [4.69, 9.17) is 0 Å². The maximum atomic E-state index is 11.5. The first kappa shape index (κ1) is 14.5. The SMILES string of the molecule is O=C(O)C(Cc1ccccc1Br)C1CCCCC1O. The number of benzene rings is 1. The van der Waals surface area contributed by atoms with Gasteiger partial charge in [-0.05, 0) is 36.8 Å². The van der Waals surface area contributed by atoms with E-state index in [0.717, 1.165) is 35.7 Å². The van der Waals surface area contributed by atoms with Crippen molar-refractivity contribution in [3.63, 3.8) is 0 Å². The number of hydrogen-bond acceptors (Lipinski definition) is 2. The maximum Gasteiger partial charge on any atom is 0.307 e. The van der Waals surface area contributed by atoms with Gasteiger partial charge in [0, 0.05) is 4.47 Å². The minimum absolute atomic E-state index is 0.127. The number of hydrogen-bond donors (Lipinski definition) is 2. The largest absolute Gasteiger partial charge is 0.481 e. The number of carboxylic acid groups (broad SMARTS) is 1. The molecule has 4 heteroatoms. The van der Waals surface area contributed by atoms with Crippen LogP contribution in [0, 0.1) is 11.8 Å². The second kappa shape index (κ2) is 6.53. The summed E-state index contributed by atoms with van der Waals surface area (Å²) in [6, 6.07) is 7.69. The summed E-state index contributed by atoms with van der Waals surface area (Å²) in [7, 11) is 0. The van der Waals surface area contributed by atoms with Crippen LogP contribution in [0.25, 0.3) is 0 Å². The molecule has 3 atom stereocenters.